The minimum absolute atomic E-state index is 0.0428. The van der Waals surface area contributed by atoms with E-state index in [1.54, 1.807) is 18.2 Å². The van der Waals surface area contributed by atoms with Gasteiger partial charge in [0.2, 0.25) is 11.8 Å². The van der Waals surface area contributed by atoms with E-state index in [1.165, 1.54) is 11.8 Å². The van der Waals surface area contributed by atoms with Crippen molar-refractivity contribution in [1.82, 2.24) is 10.2 Å². The molecule has 1 heterocycles. The van der Waals surface area contributed by atoms with Crippen LogP contribution < -0.4 is 5.32 Å². The average Bonchev–Trinajstić information content (AvgIpc) is 2.92. The van der Waals surface area contributed by atoms with Crippen LogP contribution in [0.2, 0.25) is 10.0 Å². The molecule has 0 radical (unpaired) electrons. The molecular formula is C16H20Cl2N2O2S. The third-order valence-electron chi connectivity index (χ3n) is 3.64. The van der Waals surface area contributed by atoms with E-state index < -0.39 is 0 Å². The first kappa shape index (κ1) is 18.4. The maximum atomic E-state index is 12.1. The third kappa shape index (κ3) is 5.59. The topological polar surface area (TPSA) is 49.4 Å². The molecule has 0 bridgehead atoms. The first-order chi connectivity index (χ1) is 11.0. The van der Waals surface area contributed by atoms with Crippen molar-refractivity contribution in [3.63, 3.8) is 0 Å². The molecular weight excluding hydrogens is 355 g/mol. The summed E-state index contributed by atoms with van der Waals surface area (Å²) in [4.78, 5) is 26.3. The molecule has 2 rings (SSSR count). The van der Waals surface area contributed by atoms with Gasteiger partial charge in [0.05, 0.1) is 10.3 Å². The molecule has 126 valence electrons. The molecule has 1 fully saturated rings. The van der Waals surface area contributed by atoms with Gasteiger partial charge in [-0.25, -0.2) is 0 Å². The lowest BCUT2D eigenvalue weighted by Gasteiger charge is -2.16. The van der Waals surface area contributed by atoms with Crippen LogP contribution in [0.25, 0.3) is 0 Å². The van der Waals surface area contributed by atoms with Crippen LogP contribution >= 0.6 is 35.0 Å². The Balaban J connectivity index is 1.72. The van der Waals surface area contributed by atoms with Gasteiger partial charge >= 0.3 is 0 Å². The Morgan fingerprint density at radius 3 is 2.91 bits per heavy atom. The van der Waals surface area contributed by atoms with Gasteiger partial charge in [-0.1, -0.05) is 23.2 Å². The lowest BCUT2D eigenvalue weighted by Crippen LogP contribution is -2.34. The van der Waals surface area contributed by atoms with Crippen LogP contribution in [0.4, 0.5) is 0 Å². The molecule has 1 aromatic carbocycles. The quantitative estimate of drug-likeness (QED) is 0.585. The van der Waals surface area contributed by atoms with Crippen molar-refractivity contribution in [2.75, 3.05) is 19.6 Å². The van der Waals surface area contributed by atoms with Gasteiger partial charge in [0.25, 0.3) is 0 Å². The molecule has 1 aliphatic rings. The fourth-order valence-corrected chi connectivity index (χ4v) is 3.81. The molecule has 0 saturated carbocycles. The van der Waals surface area contributed by atoms with Gasteiger partial charge in [0.1, 0.15) is 0 Å². The van der Waals surface area contributed by atoms with Crippen molar-refractivity contribution >= 4 is 46.8 Å². The number of nitrogens with one attached hydrogen (secondary N) is 1. The first-order valence-corrected chi connectivity index (χ1v) is 9.28. The largest absolute Gasteiger partial charge is 0.355 e. The fraction of sp³-hybridized carbons (Fsp3) is 0.500. The molecule has 23 heavy (non-hydrogen) atoms. The molecule has 0 spiro atoms. The smallest absolute Gasteiger partial charge is 0.233 e. The number of hydrogen-bond acceptors (Lipinski definition) is 3. The highest BCUT2D eigenvalue weighted by Crippen LogP contribution is 2.32. The molecule has 1 atom stereocenters. The highest BCUT2D eigenvalue weighted by molar-refractivity contribution is 8.00. The number of thioether (sulfide) groups is 1. The van der Waals surface area contributed by atoms with Crippen molar-refractivity contribution in [2.24, 2.45) is 0 Å². The predicted molar refractivity (Wildman–Crippen MR) is 95.2 cm³/mol. The highest BCUT2D eigenvalue weighted by Gasteiger charge is 2.20. The predicted octanol–water partition coefficient (Wildman–Crippen LogP) is 3.60. The normalized spacial score (nSPS) is 15.8. The Hall–Kier alpha value is -0.910. The second-order valence-corrected chi connectivity index (χ2v) is 7.69. The number of amides is 2. The van der Waals surface area contributed by atoms with Crippen LogP contribution in [0.15, 0.2) is 23.1 Å². The lowest BCUT2D eigenvalue weighted by molar-refractivity contribution is -0.127. The molecule has 1 saturated heterocycles. The third-order valence-corrected chi connectivity index (χ3v) is 5.48. The molecule has 1 N–H and O–H groups in total. The van der Waals surface area contributed by atoms with E-state index in [1.807, 2.05) is 11.8 Å². The van der Waals surface area contributed by atoms with Crippen LogP contribution in [-0.2, 0) is 9.59 Å². The van der Waals surface area contributed by atoms with Crippen molar-refractivity contribution in [1.29, 1.82) is 0 Å². The van der Waals surface area contributed by atoms with Gasteiger partial charge in [-0.3, -0.25) is 9.59 Å². The summed E-state index contributed by atoms with van der Waals surface area (Å²) in [6.07, 6.45) is 2.37. The molecule has 0 aromatic heterocycles. The van der Waals surface area contributed by atoms with E-state index in [0.29, 0.717) is 29.6 Å². The van der Waals surface area contributed by atoms with Crippen LogP contribution in [0.3, 0.4) is 0 Å². The van der Waals surface area contributed by atoms with Crippen LogP contribution in [-0.4, -0.2) is 41.6 Å². The Labute approximate surface area is 150 Å². The summed E-state index contributed by atoms with van der Waals surface area (Å²) in [6, 6.07) is 5.21. The van der Waals surface area contributed by atoms with Crippen LogP contribution in [0.1, 0.15) is 26.2 Å². The van der Waals surface area contributed by atoms with Gasteiger partial charge < -0.3 is 10.2 Å². The second kappa shape index (κ2) is 8.81. The minimum Gasteiger partial charge on any atom is -0.355 e. The van der Waals surface area contributed by atoms with Crippen molar-refractivity contribution in [3.8, 4) is 0 Å². The monoisotopic (exact) mass is 374 g/mol. The van der Waals surface area contributed by atoms with E-state index in [2.05, 4.69) is 5.32 Å². The molecule has 1 aliphatic heterocycles. The highest BCUT2D eigenvalue weighted by atomic mass is 35.5. The Morgan fingerprint density at radius 2 is 2.22 bits per heavy atom. The van der Waals surface area contributed by atoms with Crippen molar-refractivity contribution in [2.45, 2.75) is 36.3 Å². The number of likely N-dealkylation sites (tertiary alicyclic amines) is 1. The first-order valence-electron chi connectivity index (χ1n) is 7.64. The van der Waals surface area contributed by atoms with E-state index in [0.717, 1.165) is 24.3 Å². The minimum atomic E-state index is -0.264. The number of nitrogens with zero attached hydrogens (tertiary/aromatic N) is 1. The summed E-state index contributed by atoms with van der Waals surface area (Å²) in [6.45, 7) is 3.95. The number of halogens is 2. The number of hydrogen-bond donors (Lipinski definition) is 1. The molecule has 0 aliphatic carbocycles. The summed E-state index contributed by atoms with van der Waals surface area (Å²) in [5, 5.41) is 3.82. The number of carbonyl (C=O) groups excluding carboxylic acids is 2. The zero-order valence-corrected chi connectivity index (χ0v) is 15.3. The van der Waals surface area contributed by atoms with Gasteiger partial charge in [-0.15, -0.1) is 11.8 Å². The van der Waals surface area contributed by atoms with Crippen molar-refractivity contribution in [3.05, 3.63) is 28.2 Å². The molecule has 7 heteroatoms. The SMILES string of the molecule is CC(Sc1cc(Cl)ccc1Cl)C(=O)NCCCN1CCCC1=O. The van der Waals surface area contributed by atoms with Gasteiger partial charge in [-0.05, 0) is 38.0 Å². The standard InChI is InChI=1S/C16H20Cl2N2O2S/c1-11(23-14-10-12(17)5-6-13(14)18)16(22)19-7-3-9-20-8-2-4-15(20)21/h5-6,10-11H,2-4,7-9H2,1H3,(H,19,22). The van der Waals surface area contributed by atoms with E-state index in [-0.39, 0.29) is 17.1 Å². The molecule has 4 nitrogen and oxygen atoms in total. The number of carbonyl (C=O) groups is 2. The summed E-state index contributed by atoms with van der Waals surface area (Å²) < 4.78 is 0. The van der Waals surface area contributed by atoms with Crippen LogP contribution in [0.5, 0.6) is 0 Å². The maximum absolute atomic E-state index is 12.1. The zero-order chi connectivity index (χ0) is 16.8. The van der Waals surface area contributed by atoms with Gasteiger partial charge in [0.15, 0.2) is 0 Å². The van der Waals surface area contributed by atoms with Crippen LogP contribution in [0, 0.1) is 0 Å². The summed E-state index contributed by atoms with van der Waals surface area (Å²) in [5.41, 5.74) is 0. The average molecular weight is 375 g/mol. The molecule has 1 aromatic rings. The van der Waals surface area contributed by atoms with E-state index in [4.69, 9.17) is 23.2 Å². The summed E-state index contributed by atoms with van der Waals surface area (Å²) in [7, 11) is 0. The maximum Gasteiger partial charge on any atom is 0.233 e. The Kier molecular flexibility index (Phi) is 7.06. The van der Waals surface area contributed by atoms with E-state index in [9.17, 15) is 9.59 Å². The zero-order valence-electron chi connectivity index (χ0n) is 13.0. The van der Waals surface area contributed by atoms with Gasteiger partial charge in [-0.2, -0.15) is 0 Å². The lowest BCUT2D eigenvalue weighted by atomic mass is 10.3. The van der Waals surface area contributed by atoms with E-state index >= 15 is 0 Å². The van der Waals surface area contributed by atoms with Crippen molar-refractivity contribution < 1.29 is 9.59 Å². The number of benzene rings is 1. The van der Waals surface area contributed by atoms with Gasteiger partial charge in [0, 0.05) is 36.0 Å². The Bertz CT molecular complexity index is 583. The summed E-state index contributed by atoms with van der Waals surface area (Å²) >= 11 is 13.4. The Morgan fingerprint density at radius 1 is 1.43 bits per heavy atom. The fourth-order valence-electron chi connectivity index (χ4n) is 2.38. The second-order valence-electron chi connectivity index (χ2n) is 5.46. The molecule has 2 amide bonds. The summed E-state index contributed by atoms with van der Waals surface area (Å²) in [5.74, 6) is 0.176. The molecule has 1 unspecified atom stereocenters. The number of rotatable bonds is 7.